The van der Waals surface area contributed by atoms with E-state index in [9.17, 15) is 0 Å². The van der Waals surface area contributed by atoms with E-state index in [2.05, 4.69) is 153 Å². The van der Waals surface area contributed by atoms with Crippen molar-refractivity contribution in [1.29, 1.82) is 0 Å². The topological polar surface area (TPSA) is 9.23 Å². The van der Waals surface area contributed by atoms with Gasteiger partial charge in [-0.15, -0.1) is 0 Å². The van der Waals surface area contributed by atoms with Gasteiger partial charge in [0.25, 0.3) is 0 Å². The SMILES string of the molecule is CP(c1ccccc1)c1ccccc1Oc1ccccc1[PH](C)(c1ccccc1)c1ccccc1. The predicted octanol–water partition coefficient (Wildman–Crippen LogP) is 6.20. The number of ether oxygens (including phenoxy) is 1. The molecule has 0 aliphatic carbocycles. The molecular weight excluding hydrogens is 462 g/mol. The number of para-hydroxylation sites is 2. The molecule has 3 heteroatoms. The molecule has 1 atom stereocenters. The van der Waals surface area contributed by atoms with Crippen LogP contribution in [-0.4, -0.2) is 13.3 Å². The Morgan fingerprint density at radius 3 is 1.57 bits per heavy atom. The molecule has 0 bridgehead atoms. The van der Waals surface area contributed by atoms with Crippen molar-refractivity contribution in [2.75, 3.05) is 13.3 Å². The first-order valence-electron chi connectivity index (χ1n) is 11.9. The Bertz CT molecular complexity index is 1350. The number of benzene rings is 5. The minimum atomic E-state index is -2.30. The summed E-state index contributed by atoms with van der Waals surface area (Å²) in [5.74, 6) is 1.88. The maximum absolute atomic E-state index is 6.82. The third-order valence-corrected chi connectivity index (χ3v) is 13.3. The first kappa shape index (κ1) is 23.5. The molecule has 5 rings (SSSR count). The van der Waals surface area contributed by atoms with Crippen molar-refractivity contribution in [3.63, 3.8) is 0 Å². The van der Waals surface area contributed by atoms with E-state index in [0.29, 0.717) is 0 Å². The fourth-order valence-electron chi connectivity index (χ4n) is 4.72. The van der Waals surface area contributed by atoms with Gasteiger partial charge in [-0.25, -0.2) is 0 Å². The summed E-state index contributed by atoms with van der Waals surface area (Å²) >= 11 is 0. The molecule has 0 amide bonds. The van der Waals surface area contributed by atoms with E-state index in [1.54, 1.807) is 0 Å². The zero-order valence-electron chi connectivity index (χ0n) is 20.1. The van der Waals surface area contributed by atoms with Crippen molar-refractivity contribution in [2.24, 2.45) is 0 Å². The van der Waals surface area contributed by atoms with E-state index < -0.39 is 15.2 Å². The van der Waals surface area contributed by atoms with Gasteiger partial charge in [-0.3, -0.25) is 0 Å². The molecule has 0 N–H and O–H groups in total. The molecule has 0 radical (unpaired) electrons. The quantitative estimate of drug-likeness (QED) is 0.246. The Balaban J connectivity index is 1.62. The van der Waals surface area contributed by atoms with Crippen molar-refractivity contribution < 1.29 is 4.74 Å². The number of rotatable bonds is 7. The molecule has 0 spiro atoms. The van der Waals surface area contributed by atoms with E-state index in [4.69, 9.17) is 4.74 Å². The molecule has 0 saturated heterocycles. The van der Waals surface area contributed by atoms with E-state index in [1.165, 1.54) is 26.5 Å². The van der Waals surface area contributed by atoms with Crippen LogP contribution in [0.1, 0.15) is 0 Å². The van der Waals surface area contributed by atoms with Crippen molar-refractivity contribution >= 4 is 41.7 Å². The van der Waals surface area contributed by atoms with Gasteiger partial charge in [0.2, 0.25) is 0 Å². The summed E-state index contributed by atoms with van der Waals surface area (Å²) in [6.45, 7) is 4.74. The monoisotopic (exact) mass is 492 g/mol. The number of hydrogen-bond acceptors (Lipinski definition) is 1. The molecule has 0 saturated carbocycles. The van der Waals surface area contributed by atoms with Crippen LogP contribution in [0.5, 0.6) is 11.5 Å². The van der Waals surface area contributed by atoms with Gasteiger partial charge < -0.3 is 0 Å². The van der Waals surface area contributed by atoms with Gasteiger partial charge in [-0.05, 0) is 0 Å². The second-order valence-corrected chi connectivity index (χ2v) is 14.9. The minimum absolute atomic E-state index is 0.527. The molecular formula is C32H30OP2. The fraction of sp³-hybridized carbons (Fsp3) is 0.0625. The van der Waals surface area contributed by atoms with Crippen molar-refractivity contribution in [3.8, 4) is 11.5 Å². The molecule has 0 fully saturated rings. The van der Waals surface area contributed by atoms with Gasteiger partial charge in [-0.2, -0.15) is 0 Å². The van der Waals surface area contributed by atoms with Gasteiger partial charge in [-0.1, -0.05) is 0 Å². The van der Waals surface area contributed by atoms with Crippen LogP contribution in [0.3, 0.4) is 0 Å². The summed E-state index contributed by atoms with van der Waals surface area (Å²) in [6, 6.07) is 49.7. The predicted molar refractivity (Wildman–Crippen MR) is 158 cm³/mol. The molecule has 0 heterocycles. The van der Waals surface area contributed by atoms with Crippen molar-refractivity contribution in [2.45, 2.75) is 0 Å². The second kappa shape index (κ2) is 10.6. The Morgan fingerprint density at radius 2 is 0.971 bits per heavy atom. The van der Waals surface area contributed by atoms with E-state index in [-0.39, 0.29) is 0 Å². The molecule has 0 aliphatic rings. The van der Waals surface area contributed by atoms with Crippen molar-refractivity contribution in [3.05, 3.63) is 140 Å². The molecule has 0 aromatic heterocycles. The van der Waals surface area contributed by atoms with Gasteiger partial charge in [0.1, 0.15) is 0 Å². The third kappa shape index (κ3) is 4.81. The van der Waals surface area contributed by atoms with Gasteiger partial charge in [0, 0.05) is 0 Å². The summed E-state index contributed by atoms with van der Waals surface area (Å²) in [7, 11) is -2.83. The van der Waals surface area contributed by atoms with Crippen LogP contribution in [0.15, 0.2) is 140 Å². The molecule has 0 aliphatic heterocycles. The average molecular weight is 493 g/mol. The summed E-state index contributed by atoms with van der Waals surface area (Å²) < 4.78 is 6.82. The Morgan fingerprint density at radius 1 is 0.514 bits per heavy atom. The van der Waals surface area contributed by atoms with Gasteiger partial charge in [0.15, 0.2) is 0 Å². The summed E-state index contributed by atoms with van der Waals surface area (Å²) in [6.07, 6.45) is 0. The summed E-state index contributed by atoms with van der Waals surface area (Å²) in [5.41, 5.74) is 0. The molecule has 174 valence electrons. The Labute approximate surface area is 210 Å². The van der Waals surface area contributed by atoms with Gasteiger partial charge in [0.05, 0.1) is 0 Å². The number of hydrogen-bond donors (Lipinski definition) is 0. The zero-order valence-corrected chi connectivity index (χ0v) is 22.0. The van der Waals surface area contributed by atoms with Gasteiger partial charge >= 0.3 is 211 Å². The fourth-order valence-corrected chi connectivity index (χ4v) is 10.1. The zero-order chi connectivity index (χ0) is 24.1. The van der Waals surface area contributed by atoms with Crippen LogP contribution < -0.4 is 31.3 Å². The summed E-state index contributed by atoms with van der Waals surface area (Å²) in [5, 5.41) is 6.63. The van der Waals surface area contributed by atoms with Crippen LogP contribution in [0.4, 0.5) is 0 Å². The second-order valence-electron chi connectivity index (χ2n) is 8.82. The Kier molecular flexibility index (Phi) is 7.10. The molecule has 1 nitrogen and oxygen atoms in total. The van der Waals surface area contributed by atoms with E-state index in [0.717, 1.165) is 11.5 Å². The standard InChI is InChI=1S/C32H30OP2/c1-34(26-16-6-3-7-17-26)31-24-14-12-22-29(31)33-30-23-13-15-25-32(30)35(2,27-18-8-4-9-19-27)28-20-10-5-11-21-28/h3-25,35H,1-2H3. The first-order valence-corrected chi connectivity index (χ1v) is 16.2. The van der Waals surface area contributed by atoms with Crippen LogP contribution in [-0.2, 0) is 0 Å². The third-order valence-electron chi connectivity index (χ3n) is 6.72. The van der Waals surface area contributed by atoms with Crippen molar-refractivity contribution in [1.82, 2.24) is 0 Å². The van der Waals surface area contributed by atoms with Crippen LogP contribution in [0.2, 0.25) is 0 Å². The molecule has 5 aromatic rings. The van der Waals surface area contributed by atoms with Crippen LogP contribution in [0, 0.1) is 0 Å². The molecule has 1 unspecified atom stereocenters. The van der Waals surface area contributed by atoms with E-state index >= 15 is 0 Å². The average Bonchev–Trinajstić information content (AvgIpc) is 2.94. The van der Waals surface area contributed by atoms with Crippen LogP contribution in [0.25, 0.3) is 0 Å². The summed E-state index contributed by atoms with van der Waals surface area (Å²) in [4.78, 5) is 0. The Hall–Kier alpha value is -3.24. The molecule has 35 heavy (non-hydrogen) atoms. The van der Waals surface area contributed by atoms with Crippen LogP contribution >= 0.6 is 15.2 Å². The first-order chi connectivity index (χ1) is 17.2. The molecule has 5 aromatic carbocycles. The van der Waals surface area contributed by atoms with E-state index in [1.807, 2.05) is 0 Å². The normalized spacial score (nSPS) is 12.6. The maximum atomic E-state index is 6.82.